The van der Waals surface area contributed by atoms with Crippen LogP contribution in [0.1, 0.15) is 110 Å². The van der Waals surface area contributed by atoms with Gasteiger partial charge in [0.25, 0.3) is 0 Å². The van der Waals surface area contributed by atoms with Gasteiger partial charge in [-0.15, -0.1) is 0 Å². The zero-order valence-electron chi connectivity index (χ0n) is 44.7. The zero-order chi connectivity index (χ0) is 54.9. The van der Waals surface area contributed by atoms with Gasteiger partial charge in [-0.3, -0.25) is 23.5 Å². The Balaban J connectivity index is 0.000000281. The number of carbonyl (C=O) groups is 5. The first-order valence-electron chi connectivity index (χ1n) is 23.5. The predicted molar refractivity (Wildman–Crippen MR) is 299 cm³/mol. The van der Waals surface area contributed by atoms with Gasteiger partial charge in [0.15, 0.2) is 17.3 Å². The number of carbonyl (C=O) groups excluding carboxylic acids is 5. The van der Waals surface area contributed by atoms with Crippen LogP contribution in [0.2, 0.25) is 0 Å². The Morgan fingerprint density at radius 3 is 1.44 bits per heavy atom. The summed E-state index contributed by atoms with van der Waals surface area (Å²) in [7, 11) is 0.549. The second kappa shape index (κ2) is 28.0. The average molecular weight is 1170 g/mol. The molecule has 9 rings (SSSR count). The maximum atomic E-state index is 13.3. The molecule has 19 heteroatoms. The molecule has 6 aromatic carbocycles. The molecule has 1 radical (unpaired) electrons. The van der Waals surface area contributed by atoms with Gasteiger partial charge in [0.2, 0.25) is 0 Å². The van der Waals surface area contributed by atoms with Crippen LogP contribution >= 0.6 is 22.6 Å². The first-order chi connectivity index (χ1) is 35.3. The maximum absolute atomic E-state index is 13.3. The van der Waals surface area contributed by atoms with E-state index in [0.29, 0.717) is 35.6 Å². The molecule has 8 aromatic rings. The molecule has 4 N–H and O–H groups in total. The number of ketones is 3. The monoisotopic (exact) mass is 1170 g/mol. The third-order valence-corrected chi connectivity index (χ3v) is 12.1. The summed E-state index contributed by atoms with van der Waals surface area (Å²) in [6.45, 7) is 15.4. The molecule has 2 heterocycles. The molecule has 0 spiro atoms. The van der Waals surface area contributed by atoms with Gasteiger partial charge in [0.1, 0.15) is 34.4 Å². The molecule has 1 aliphatic rings. The minimum atomic E-state index is -0.651. The summed E-state index contributed by atoms with van der Waals surface area (Å²) in [5.41, 5.74) is 7.84. The Morgan fingerprint density at radius 1 is 0.564 bits per heavy atom. The quantitative estimate of drug-likeness (QED) is 0.0908. The molecule has 0 saturated heterocycles. The predicted octanol–water partition coefficient (Wildman–Crippen LogP) is 10.4. The van der Waals surface area contributed by atoms with Crippen molar-refractivity contribution in [3.63, 3.8) is 0 Å². The largest absolute Gasteiger partial charge is 1.00 e. The van der Waals surface area contributed by atoms with Crippen LogP contribution in [0.3, 0.4) is 0 Å². The van der Waals surface area contributed by atoms with Crippen LogP contribution in [0.15, 0.2) is 146 Å². The second-order valence-corrected chi connectivity index (χ2v) is 20.4. The minimum Gasteiger partial charge on any atom is -0.870 e. The summed E-state index contributed by atoms with van der Waals surface area (Å²) in [4.78, 5) is 59.5. The summed E-state index contributed by atoms with van der Waals surface area (Å²) in [5.74, 6) is -0.517. The molecule has 0 unspecified atom stereocenters. The third-order valence-electron chi connectivity index (χ3n) is 11.2. The zero-order valence-corrected chi connectivity index (χ0v) is 46.9. The first kappa shape index (κ1) is 65.2. The third kappa shape index (κ3) is 17.2. The van der Waals surface area contributed by atoms with Crippen molar-refractivity contribution in [1.82, 2.24) is 9.13 Å². The number of benzene rings is 6. The number of nitrogens with zero attached hydrogens (tertiary/aromatic N) is 2. The molecule has 0 aliphatic heterocycles. The Hall–Kier alpha value is -7.05. The Bertz CT molecular complexity index is 3460. The number of rotatable bonds is 7. The van der Waals surface area contributed by atoms with E-state index in [4.69, 9.17) is 14.5 Å². The van der Waals surface area contributed by atoms with Gasteiger partial charge in [-0.05, 0) is 186 Å². The molecular weight excluding hydrogens is 1110 g/mol. The van der Waals surface area contributed by atoms with Crippen molar-refractivity contribution < 1.29 is 86.1 Å². The standard InChI is InChI=1S/C21H20FNO3.C17H13FO.C15H16INO3.C6H5BFO2.Li.2H2O/c1-13(24)15-7-10-17-18(14-5-8-16(22)9-6-14)12-23(19(17)11-15)20(25)26-21(2,3)4;1-11(19)13-4-8-17-14(10-13)5-9-16(17)12-2-6-15(18)7-3-12;1-9(18)10-5-6-11-12(16)8-17(13(11)7-10)14(19)20-15(2,3)4;8-5-1-3-6(4-2-5)10-7-9;;;/h5-12H,1-4H3;2-4,6-10H,5H2,1H3;5-8H,1-4H3;1-4,9H;;2*1H2/q;;;;+1;;/p-1. The van der Waals surface area contributed by atoms with Crippen molar-refractivity contribution in [1.29, 1.82) is 0 Å². The molecule has 0 amide bonds. The first-order valence-corrected chi connectivity index (χ1v) is 24.6. The van der Waals surface area contributed by atoms with Gasteiger partial charge in [0.05, 0.1) is 11.0 Å². The van der Waals surface area contributed by atoms with E-state index in [0.717, 1.165) is 59.7 Å². The summed E-state index contributed by atoms with van der Waals surface area (Å²) < 4.78 is 57.6. The van der Waals surface area contributed by atoms with E-state index in [1.165, 1.54) is 71.5 Å². The number of hydrogen-bond acceptors (Lipinski definition) is 10. The molecule has 0 bridgehead atoms. The van der Waals surface area contributed by atoms with E-state index >= 15 is 0 Å². The maximum Gasteiger partial charge on any atom is 1.00 e. The van der Waals surface area contributed by atoms with Crippen molar-refractivity contribution >= 4 is 87.2 Å². The molecule has 2 aromatic heterocycles. The fourth-order valence-corrected chi connectivity index (χ4v) is 8.41. The number of hydrogen-bond donors (Lipinski definition) is 1. The van der Waals surface area contributed by atoms with Gasteiger partial charge in [-0.25, -0.2) is 22.8 Å². The number of Topliss-reactive ketones (excluding diaryl/α,β-unsaturated/α-hetero) is 3. The van der Waals surface area contributed by atoms with E-state index in [2.05, 4.69) is 33.3 Å². The molecule has 0 saturated carbocycles. The topological polar surface area (TPSA) is 205 Å². The molecule has 78 heavy (non-hydrogen) atoms. The molecule has 401 valence electrons. The summed E-state index contributed by atoms with van der Waals surface area (Å²) in [6, 6.07) is 34.2. The van der Waals surface area contributed by atoms with Crippen LogP contribution in [0.25, 0.3) is 38.5 Å². The van der Waals surface area contributed by atoms with Crippen molar-refractivity contribution in [2.24, 2.45) is 0 Å². The fraction of sp³-hybridized carbons (Fsp3) is 0.203. The van der Waals surface area contributed by atoms with E-state index < -0.39 is 23.4 Å². The summed E-state index contributed by atoms with van der Waals surface area (Å²) in [5, 5.41) is 9.86. The van der Waals surface area contributed by atoms with Crippen molar-refractivity contribution in [3.8, 4) is 16.9 Å². The van der Waals surface area contributed by atoms with E-state index in [9.17, 15) is 37.1 Å². The number of allylic oxidation sites excluding steroid dienone is 1. The second-order valence-electron chi connectivity index (χ2n) is 19.2. The Labute approximate surface area is 476 Å². The molecular formula is C59H57BF3ILiN2O11. The molecule has 0 atom stereocenters. The van der Waals surface area contributed by atoms with Crippen LogP contribution in [0.4, 0.5) is 22.8 Å². The Morgan fingerprint density at radius 2 is 0.974 bits per heavy atom. The van der Waals surface area contributed by atoms with Crippen molar-refractivity contribution in [2.75, 3.05) is 0 Å². The minimum absolute atomic E-state index is 0. The Kier molecular flexibility index (Phi) is 23.4. The van der Waals surface area contributed by atoms with Crippen LogP contribution in [0.5, 0.6) is 5.75 Å². The number of fused-ring (bicyclic) bond motifs is 3. The van der Waals surface area contributed by atoms with E-state index in [1.807, 2.05) is 45.0 Å². The van der Waals surface area contributed by atoms with Gasteiger partial charge < -0.3 is 30.1 Å². The van der Waals surface area contributed by atoms with E-state index in [1.54, 1.807) is 94.7 Å². The molecule has 13 nitrogen and oxygen atoms in total. The van der Waals surface area contributed by atoms with Crippen molar-refractivity contribution in [3.05, 3.63) is 200 Å². The summed E-state index contributed by atoms with van der Waals surface area (Å²) >= 11 is 2.17. The van der Waals surface area contributed by atoms with Gasteiger partial charge in [0, 0.05) is 49.0 Å². The molecule has 1 aliphatic carbocycles. The van der Waals surface area contributed by atoms with E-state index in [-0.39, 0.29) is 64.6 Å². The molecule has 0 fully saturated rings. The van der Waals surface area contributed by atoms with Gasteiger partial charge in [-0.2, -0.15) is 0 Å². The van der Waals surface area contributed by atoms with Crippen LogP contribution in [-0.2, 0) is 15.9 Å². The van der Waals surface area contributed by atoms with Crippen LogP contribution < -0.4 is 23.5 Å². The average Bonchev–Trinajstić information content (AvgIpc) is 4.06. The fourth-order valence-electron chi connectivity index (χ4n) is 7.68. The van der Waals surface area contributed by atoms with Crippen LogP contribution in [0, 0.1) is 21.0 Å². The van der Waals surface area contributed by atoms with Crippen molar-refractivity contribution in [2.45, 2.75) is 79.9 Å². The van der Waals surface area contributed by atoms with Gasteiger partial charge in [-0.1, -0.05) is 66.7 Å². The normalized spacial score (nSPS) is 11.2. The van der Waals surface area contributed by atoms with Gasteiger partial charge >= 0.3 is 38.7 Å². The summed E-state index contributed by atoms with van der Waals surface area (Å²) in [6.07, 6.45) is 5.37. The smallest absolute Gasteiger partial charge is 0.870 e. The SMILES string of the molecule is CC(=O)c1ccc2c(-c3ccc(F)cc3)cn(C(=O)OC(C)(C)C)c2c1.CC(=O)c1ccc2c(I)cn(C(=O)OC(C)(C)C)c2c1.CC(=O)c1ccc2c(c1)CC=C2c1ccc(F)cc1.O.O[B]Oc1ccc(F)cc1.[Li+].[OH-]. The number of aromatic nitrogens is 2. The van der Waals surface area contributed by atoms with Crippen LogP contribution in [-0.4, -0.2) is 73.5 Å². The number of ether oxygens (including phenoxy) is 2. The number of halogens is 4.